The lowest BCUT2D eigenvalue weighted by atomic mass is 11.3. The number of carbonyl (C=O) groups is 1. The Bertz CT molecular complexity index is 178. The van der Waals surface area contributed by atoms with E-state index < -0.39 is 20.7 Å². The molecule has 1 aliphatic rings. The van der Waals surface area contributed by atoms with Gasteiger partial charge in [-0.3, -0.25) is 0 Å². The Morgan fingerprint density at radius 3 is 2.67 bits per heavy atom. The Morgan fingerprint density at radius 2 is 2.33 bits per heavy atom. The molecular weight excluding hydrogens is 149 g/mol. The Kier molecular flexibility index (Phi) is 1.44. The van der Waals surface area contributed by atoms with Crippen molar-refractivity contribution in [2.75, 3.05) is 6.79 Å². The number of hydrogen-bond acceptors (Lipinski definition) is 5. The minimum absolute atomic E-state index is 0.410. The first-order valence-electron chi connectivity index (χ1n) is 2.00. The van der Waals surface area contributed by atoms with Crippen LogP contribution in [-0.2, 0) is 18.3 Å². The van der Waals surface area contributed by atoms with Crippen molar-refractivity contribution in [2.24, 2.45) is 5.50 Å². The monoisotopic (exact) mass is 153 g/mol. The third-order valence-electron chi connectivity index (χ3n) is 0.611. The lowest BCUT2D eigenvalue weighted by Crippen LogP contribution is -2.19. The smallest absolute Gasteiger partial charge is 0.406 e. The van der Waals surface area contributed by atoms with E-state index in [2.05, 4.69) is 13.8 Å². The topological polar surface area (TPSA) is 87.9 Å². The van der Waals surface area contributed by atoms with Crippen LogP contribution in [0, 0.1) is 0 Å². The van der Waals surface area contributed by atoms with Gasteiger partial charge in [0.05, 0.1) is 0 Å². The van der Waals surface area contributed by atoms with Gasteiger partial charge in [-0.05, 0) is 0 Å². The van der Waals surface area contributed by atoms with Crippen molar-refractivity contribution in [1.82, 2.24) is 0 Å². The molecule has 0 bridgehead atoms. The maximum atomic E-state index is 10.5. The zero-order valence-electron chi connectivity index (χ0n) is 4.27. The minimum Gasteiger partial charge on any atom is -0.406 e. The van der Waals surface area contributed by atoms with Crippen LogP contribution in [-0.4, -0.2) is 12.9 Å². The fourth-order valence-corrected chi connectivity index (χ4v) is 0.817. The molecule has 1 rings (SSSR count). The van der Waals surface area contributed by atoms with Gasteiger partial charge in [0.2, 0.25) is 6.79 Å². The number of hydrogen-bond donors (Lipinski definition) is 1. The van der Waals surface area contributed by atoms with E-state index in [4.69, 9.17) is 5.50 Å². The average Bonchev–Trinajstić information content (AvgIpc) is 1.60. The van der Waals surface area contributed by atoms with Crippen LogP contribution in [0.4, 0.5) is 4.79 Å². The first-order valence-corrected chi connectivity index (χ1v) is 3.61. The molecule has 0 amide bonds. The predicted molar refractivity (Wildman–Crippen MR) is 25.3 cm³/mol. The van der Waals surface area contributed by atoms with Crippen molar-refractivity contribution in [3.8, 4) is 0 Å². The van der Waals surface area contributed by atoms with Gasteiger partial charge in [0.25, 0.3) is 0 Å². The summed E-state index contributed by atoms with van der Waals surface area (Å²) in [6, 6.07) is 0. The van der Waals surface area contributed by atoms with Crippen LogP contribution < -0.4 is 5.50 Å². The maximum absolute atomic E-state index is 10.5. The Morgan fingerprint density at radius 1 is 1.67 bits per heavy atom. The van der Waals surface area contributed by atoms with Gasteiger partial charge in [0, 0.05) is 0 Å². The highest BCUT2D eigenvalue weighted by molar-refractivity contribution is 7.51. The summed E-state index contributed by atoms with van der Waals surface area (Å²) in [6.45, 7) is -0.410. The fourth-order valence-electron chi connectivity index (χ4n) is 0.305. The molecule has 0 spiro atoms. The molecule has 0 aromatic carbocycles. The third kappa shape index (κ3) is 1.67. The van der Waals surface area contributed by atoms with Crippen LogP contribution in [0.5, 0.6) is 0 Å². The van der Waals surface area contributed by atoms with Crippen molar-refractivity contribution in [3.05, 3.63) is 0 Å². The molecule has 0 radical (unpaired) electrons. The Labute approximate surface area is 50.5 Å². The molecule has 0 aromatic heterocycles. The first kappa shape index (κ1) is 6.54. The molecule has 1 unspecified atom stereocenters. The van der Waals surface area contributed by atoms with Crippen molar-refractivity contribution >= 4 is 13.9 Å². The van der Waals surface area contributed by atoms with E-state index >= 15 is 0 Å². The molecule has 1 aliphatic heterocycles. The molecule has 1 atom stereocenters. The van der Waals surface area contributed by atoms with Gasteiger partial charge in [-0.2, -0.15) is 0 Å². The Balaban J connectivity index is 2.62. The van der Waals surface area contributed by atoms with Gasteiger partial charge in [0.1, 0.15) is 0 Å². The standard InChI is InChI=1S/C2H4NO5P/c3-9(5)7-1-6-2(4)8-9/h1H2,(H2,3,5). The highest BCUT2D eigenvalue weighted by Crippen LogP contribution is 2.41. The second-order valence-corrected chi connectivity index (χ2v) is 2.79. The molecule has 9 heavy (non-hydrogen) atoms. The van der Waals surface area contributed by atoms with Gasteiger partial charge in [-0.25, -0.2) is 19.4 Å². The molecule has 7 heteroatoms. The van der Waals surface area contributed by atoms with Gasteiger partial charge >= 0.3 is 13.9 Å². The normalized spacial score (nSPS) is 35.0. The average molecular weight is 153 g/mol. The third-order valence-corrected chi connectivity index (χ3v) is 1.48. The summed E-state index contributed by atoms with van der Waals surface area (Å²) in [4.78, 5) is 10.1. The molecule has 6 nitrogen and oxygen atoms in total. The SMILES string of the molecule is NP1(=O)OCOC(=O)O1. The largest absolute Gasteiger partial charge is 0.517 e. The summed E-state index contributed by atoms with van der Waals surface area (Å²) < 4.78 is 22.7. The highest BCUT2D eigenvalue weighted by atomic mass is 31.2. The fraction of sp³-hybridized carbons (Fsp3) is 0.500. The van der Waals surface area contributed by atoms with Gasteiger partial charge in [-0.15, -0.1) is 0 Å². The first-order chi connectivity index (χ1) is 4.10. The van der Waals surface area contributed by atoms with E-state index in [9.17, 15) is 9.36 Å². The number of carbonyl (C=O) groups excluding carboxylic acids is 1. The van der Waals surface area contributed by atoms with E-state index in [0.717, 1.165) is 0 Å². The summed E-state index contributed by atoms with van der Waals surface area (Å²) in [6.07, 6.45) is -1.06. The number of rotatable bonds is 0. The molecule has 0 aromatic rings. The summed E-state index contributed by atoms with van der Waals surface area (Å²) in [5.74, 6) is 0. The summed E-state index contributed by atoms with van der Waals surface area (Å²) in [5, 5.41) is 0. The van der Waals surface area contributed by atoms with Crippen molar-refractivity contribution in [1.29, 1.82) is 0 Å². The molecule has 0 aliphatic carbocycles. The second-order valence-electron chi connectivity index (χ2n) is 1.27. The van der Waals surface area contributed by atoms with E-state index in [1.807, 2.05) is 0 Å². The molecular formula is C2H4NO5P. The van der Waals surface area contributed by atoms with Crippen LogP contribution in [0.15, 0.2) is 0 Å². The predicted octanol–water partition coefficient (Wildman–Crippen LogP) is 0.194. The van der Waals surface area contributed by atoms with E-state index in [1.54, 1.807) is 0 Å². The lowest BCUT2D eigenvalue weighted by molar-refractivity contribution is -0.00894. The maximum Gasteiger partial charge on any atom is 0.517 e. The quantitative estimate of drug-likeness (QED) is 0.394. The summed E-state index contributed by atoms with van der Waals surface area (Å²) in [7, 11) is -3.62. The van der Waals surface area contributed by atoms with Crippen molar-refractivity contribution in [2.45, 2.75) is 0 Å². The van der Waals surface area contributed by atoms with Crippen LogP contribution >= 0.6 is 7.75 Å². The zero-order chi connectivity index (χ0) is 6.91. The number of ether oxygens (including phenoxy) is 1. The second kappa shape index (κ2) is 1.98. The summed E-state index contributed by atoms with van der Waals surface area (Å²) in [5.41, 5.74) is 4.78. The Hall–Kier alpha value is -0.580. The van der Waals surface area contributed by atoms with Crippen LogP contribution in [0.25, 0.3) is 0 Å². The van der Waals surface area contributed by atoms with E-state index in [-0.39, 0.29) is 0 Å². The van der Waals surface area contributed by atoms with Crippen LogP contribution in [0.1, 0.15) is 0 Å². The molecule has 1 fully saturated rings. The van der Waals surface area contributed by atoms with Crippen LogP contribution in [0.2, 0.25) is 0 Å². The molecule has 0 saturated carbocycles. The van der Waals surface area contributed by atoms with Crippen molar-refractivity contribution in [3.63, 3.8) is 0 Å². The number of nitrogens with two attached hydrogens (primary N) is 1. The van der Waals surface area contributed by atoms with E-state index in [0.29, 0.717) is 0 Å². The molecule has 2 N–H and O–H groups in total. The van der Waals surface area contributed by atoms with Crippen molar-refractivity contribution < 1.29 is 23.1 Å². The molecule has 1 saturated heterocycles. The summed E-state index contributed by atoms with van der Waals surface area (Å²) >= 11 is 0. The van der Waals surface area contributed by atoms with Crippen LogP contribution in [0.3, 0.4) is 0 Å². The minimum atomic E-state index is -3.62. The molecule has 52 valence electrons. The van der Waals surface area contributed by atoms with Gasteiger partial charge in [-0.1, -0.05) is 0 Å². The number of cyclic esters (lactones) is 1. The lowest BCUT2D eigenvalue weighted by Gasteiger charge is -2.17. The van der Waals surface area contributed by atoms with E-state index in [1.165, 1.54) is 0 Å². The zero-order valence-corrected chi connectivity index (χ0v) is 5.17. The van der Waals surface area contributed by atoms with Gasteiger partial charge in [0.15, 0.2) is 0 Å². The molecule has 1 heterocycles. The van der Waals surface area contributed by atoms with Gasteiger partial charge < -0.3 is 9.26 Å². The highest BCUT2D eigenvalue weighted by Gasteiger charge is 2.29.